The Hall–Kier alpha value is -1.07. The summed E-state index contributed by atoms with van der Waals surface area (Å²) >= 11 is 0. The molecule has 1 heterocycles. The summed E-state index contributed by atoms with van der Waals surface area (Å²) in [5.41, 5.74) is 0. The third-order valence-electron chi connectivity index (χ3n) is 4.83. The van der Waals surface area contributed by atoms with Crippen molar-refractivity contribution >= 4 is 5.96 Å². The average Bonchev–Trinajstić information content (AvgIpc) is 3.00. The molecule has 1 atom stereocenters. The number of hydrogen-bond donors (Lipinski definition) is 2. The van der Waals surface area contributed by atoms with Crippen LogP contribution in [0.3, 0.4) is 0 Å². The minimum Gasteiger partial charge on any atom is -0.355 e. The van der Waals surface area contributed by atoms with E-state index in [4.69, 9.17) is 0 Å². The fourth-order valence-electron chi connectivity index (χ4n) is 3.26. The fourth-order valence-corrected chi connectivity index (χ4v) is 3.26. The summed E-state index contributed by atoms with van der Waals surface area (Å²) < 4.78 is 0. The molecular formula is C17H33N5. The van der Waals surface area contributed by atoms with Gasteiger partial charge in [-0.2, -0.15) is 0 Å². The van der Waals surface area contributed by atoms with Gasteiger partial charge in [0.2, 0.25) is 0 Å². The zero-order valence-electron chi connectivity index (χ0n) is 14.7. The van der Waals surface area contributed by atoms with Gasteiger partial charge in [0.1, 0.15) is 0 Å². The van der Waals surface area contributed by atoms with Crippen LogP contribution in [0.15, 0.2) is 17.1 Å². The Labute approximate surface area is 135 Å². The van der Waals surface area contributed by atoms with E-state index in [0.29, 0.717) is 18.0 Å². The zero-order chi connectivity index (χ0) is 15.9. The van der Waals surface area contributed by atoms with Crippen molar-refractivity contribution in [3.05, 3.63) is 12.2 Å². The van der Waals surface area contributed by atoms with E-state index in [-0.39, 0.29) is 0 Å². The summed E-state index contributed by atoms with van der Waals surface area (Å²) in [5, 5.41) is 7.06. The maximum absolute atomic E-state index is 4.38. The number of guanidine groups is 1. The van der Waals surface area contributed by atoms with E-state index in [9.17, 15) is 0 Å². The first-order valence-corrected chi connectivity index (χ1v) is 8.65. The van der Waals surface area contributed by atoms with E-state index < -0.39 is 0 Å². The molecule has 126 valence electrons. The van der Waals surface area contributed by atoms with Crippen LogP contribution in [0.25, 0.3) is 0 Å². The normalized spacial score (nSPS) is 23.2. The van der Waals surface area contributed by atoms with Crippen molar-refractivity contribution in [3.63, 3.8) is 0 Å². The van der Waals surface area contributed by atoms with Crippen molar-refractivity contribution < 1.29 is 0 Å². The van der Waals surface area contributed by atoms with Crippen LogP contribution in [0.1, 0.15) is 26.7 Å². The summed E-state index contributed by atoms with van der Waals surface area (Å²) in [5.74, 6) is 1.58. The van der Waals surface area contributed by atoms with Crippen molar-refractivity contribution in [2.45, 2.75) is 38.8 Å². The molecule has 2 aliphatic rings. The maximum atomic E-state index is 4.38. The number of nitrogens with zero attached hydrogens (tertiary/aromatic N) is 3. The molecule has 0 aromatic carbocycles. The summed E-state index contributed by atoms with van der Waals surface area (Å²) in [4.78, 5) is 9.42. The smallest absolute Gasteiger partial charge is 0.191 e. The molecular weight excluding hydrogens is 274 g/mol. The Balaban J connectivity index is 1.82. The van der Waals surface area contributed by atoms with Crippen molar-refractivity contribution in [2.75, 3.05) is 46.8 Å². The van der Waals surface area contributed by atoms with E-state index >= 15 is 0 Å². The van der Waals surface area contributed by atoms with Crippen LogP contribution in [0.5, 0.6) is 0 Å². The molecule has 1 aliphatic heterocycles. The predicted octanol–water partition coefficient (Wildman–Crippen LogP) is 1.14. The molecule has 1 unspecified atom stereocenters. The van der Waals surface area contributed by atoms with Gasteiger partial charge in [-0.3, -0.25) is 9.89 Å². The van der Waals surface area contributed by atoms with Gasteiger partial charge in [-0.1, -0.05) is 26.0 Å². The average molecular weight is 307 g/mol. The number of likely N-dealkylation sites (N-methyl/N-ethyl adjacent to an activating group) is 1. The molecule has 0 saturated carbocycles. The molecule has 2 rings (SSSR count). The van der Waals surface area contributed by atoms with E-state index in [1.807, 2.05) is 7.05 Å². The first-order chi connectivity index (χ1) is 10.6. The van der Waals surface area contributed by atoms with Gasteiger partial charge in [0, 0.05) is 51.9 Å². The predicted molar refractivity (Wildman–Crippen MR) is 94.4 cm³/mol. The van der Waals surface area contributed by atoms with Crippen LogP contribution in [-0.2, 0) is 0 Å². The van der Waals surface area contributed by atoms with Crippen molar-refractivity contribution in [1.82, 2.24) is 20.4 Å². The molecule has 1 fully saturated rings. The van der Waals surface area contributed by atoms with Crippen LogP contribution in [0.2, 0.25) is 0 Å². The third kappa shape index (κ3) is 4.99. The Bertz CT molecular complexity index is 375. The number of rotatable bonds is 5. The molecule has 1 aliphatic carbocycles. The lowest BCUT2D eigenvalue weighted by molar-refractivity contribution is 0.0899. The van der Waals surface area contributed by atoms with Crippen LogP contribution >= 0.6 is 0 Å². The largest absolute Gasteiger partial charge is 0.355 e. The standard InChI is InChI=1S/C17H33N5/c1-14(2)16(22-11-9-21(4)10-12-22)13-19-17(18-3)20-15-7-5-6-8-15/h5-6,14-16H,7-13H2,1-4H3,(H2,18,19,20). The molecule has 2 N–H and O–H groups in total. The van der Waals surface area contributed by atoms with Gasteiger partial charge in [-0.05, 0) is 25.8 Å². The molecule has 0 amide bonds. The van der Waals surface area contributed by atoms with Gasteiger partial charge in [0.15, 0.2) is 5.96 Å². The monoisotopic (exact) mass is 307 g/mol. The number of nitrogens with one attached hydrogen (secondary N) is 2. The Morgan fingerprint density at radius 2 is 1.82 bits per heavy atom. The molecule has 5 heteroatoms. The zero-order valence-corrected chi connectivity index (χ0v) is 14.7. The molecule has 5 nitrogen and oxygen atoms in total. The molecule has 0 aromatic rings. The van der Waals surface area contributed by atoms with Gasteiger partial charge in [-0.25, -0.2) is 0 Å². The second-order valence-corrected chi connectivity index (χ2v) is 6.89. The van der Waals surface area contributed by atoms with Gasteiger partial charge in [-0.15, -0.1) is 0 Å². The van der Waals surface area contributed by atoms with Crippen molar-refractivity contribution in [3.8, 4) is 0 Å². The first kappa shape index (κ1) is 17.3. The SMILES string of the molecule is CN=C(NCC(C(C)C)N1CCN(C)CC1)NC1CC=CC1. The molecule has 22 heavy (non-hydrogen) atoms. The van der Waals surface area contributed by atoms with E-state index in [2.05, 4.69) is 58.5 Å². The quantitative estimate of drug-likeness (QED) is 0.454. The van der Waals surface area contributed by atoms with Crippen LogP contribution in [0, 0.1) is 5.92 Å². The number of aliphatic imine (C=N–C) groups is 1. The number of hydrogen-bond acceptors (Lipinski definition) is 3. The molecule has 0 radical (unpaired) electrons. The van der Waals surface area contributed by atoms with Gasteiger partial charge >= 0.3 is 0 Å². The summed E-state index contributed by atoms with van der Waals surface area (Å²) in [7, 11) is 4.07. The Morgan fingerprint density at radius 1 is 1.18 bits per heavy atom. The van der Waals surface area contributed by atoms with Crippen molar-refractivity contribution in [2.24, 2.45) is 10.9 Å². The molecule has 1 saturated heterocycles. The van der Waals surface area contributed by atoms with Crippen molar-refractivity contribution in [1.29, 1.82) is 0 Å². The van der Waals surface area contributed by atoms with E-state index in [1.54, 1.807) is 0 Å². The van der Waals surface area contributed by atoms with Gasteiger partial charge in [0.25, 0.3) is 0 Å². The lowest BCUT2D eigenvalue weighted by Gasteiger charge is -2.40. The Morgan fingerprint density at radius 3 is 2.36 bits per heavy atom. The fraction of sp³-hybridized carbons (Fsp3) is 0.824. The van der Waals surface area contributed by atoms with Crippen LogP contribution in [-0.4, -0.2) is 74.7 Å². The summed E-state index contributed by atoms with van der Waals surface area (Å²) in [6.45, 7) is 10.3. The minimum absolute atomic E-state index is 0.507. The highest BCUT2D eigenvalue weighted by molar-refractivity contribution is 5.80. The van der Waals surface area contributed by atoms with Crippen LogP contribution in [0.4, 0.5) is 0 Å². The maximum Gasteiger partial charge on any atom is 0.191 e. The summed E-state index contributed by atoms with van der Waals surface area (Å²) in [6.07, 6.45) is 6.69. The summed E-state index contributed by atoms with van der Waals surface area (Å²) in [6, 6.07) is 1.07. The van der Waals surface area contributed by atoms with E-state index in [0.717, 1.165) is 25.3 Å². The third-order valence-corrected chi connectivity index (χ3v) is 4.83. The Kier molecular flexibility index (Phi) is 6.70. The molecule has 0 aromatic heterocycles. The molecule has 0 spiro atoms. The minimum atomic E-state index is 0.507. The topological polar surface area (TPSA) is 42.9 Å². The molecule has 0 bridgehead atoms. The highest BCUT2D eigenvalue weighted by atomic mass is 15.3. The number of piperazine rings is 1. The highest BCUT2D eigenvalue weighted by Crippen LogP contribution is 2.13. The van der Waals surface area contributed by atoms with E-state index in [1.165, 1.54) is 26.2 Å². The van der Waals surface area contributed by atoms with Gasteiger partial charge in [0.05, 0.1) is 0 Å². The van der Waals surface area contributed by atoms with Crippen LogP contribution < -0.4 is 10.6 Å². The van der Waals surface area contributed by atoms with Gasteiger partial charge < -0.3 is 15.5 Å². The second kappa shape index (κ2) is 8.53. The lowest BCUT2D eigenvalue weighted by atomic mass is 10.0. The lowest BCUT2D eigenvalue weighted by Crippen LogP contribution is -2.55. The highest BCUT2D eigenvalue weighted by Gasteiger charge is 2.25. The first-order valence-electron chi connectivity index (χ1n) is 8.65. The second-order valence-electron chi connectivity index (χ2n) is 6.89.